The first kappa shape index (κ1) is 35.2. The van der Waals surface area contributed by atoms with E-state index in [1.807, 2.05) is 0 Å². The van der Waals surface area contributed by atoms with Gasteiger partial charge in [0.15, 0.2) is 0 Å². The van der Waals surface area contributed by atoms with Crippen LogP contribution in [0.25, 0.3) is 89.0 Å². The molecule has 1 nitrogen and oxygen atoms in total. The summed E-state index contributed by atoms with van der Waals surface area (Å²) < 4.78 is 0. The molecule has 10 aromatic carbocycles. The minimum absolute atomic E-state index is 0.447. The van der Waals surface area contributed by atoms with Crippen LogP contribution in [0.2, 0.25) is 0 Å². The van der Waals surface area contributed by atoms with Crippen molar-refractivity contribution < 1.29 is 0 Å². The van der Waals surface area contributed by atoms with Crippen molar-refractivity contribution in [1.82, 2.24) is 0 Å². The molecule has 286 valence electrons. The van der Waals surface area contributed by atoms with E-state index < -0.39 is 0 Å². The van der Waals surface area contributed by atoms with Crippen LogP contribution in [0.5, 0.6) is 0 Å². The van der Waals surface area contributed by atoms with Crippen LogP contribution in [0.1, 0.15) is 29.0 Å². The molecule has 0 saturated carbocycles. The topological polar surface area (TPSA) is 3.24 Å². The fourth-order valence-electron chi connectivity index (χ4n) is 10.2. The van der Waals surface area contributed by atoms with E-state index in [9.17, 15) is 0 Å². The van der Waals surface area contributed by atoms with E-state index in [1.54, 1.807) is 0 Å². The first-order valence-corrected chi connectivity index (χ1v) is 21.4. The zero-order chi connectivity index (χ0) is 40.3. The van der Waals surface area contributed by atoms with Crippen LogP contribution in [0.4, 0.5) is 17.1 Å². The summed E-state index contributed by atoms with van der Waals surface area (Å²) in [5, 5.41) is 7.75. The number of benzene rings is 10. The van der Waals surface area contributed by atoms with Gasteiger partial charge in [0.1, 0.15) is 0 Å². The average molecular weight is 776 g/mol. The van der Waals surface area contributed by atoms with Gasteiger partial charge in [-0.05, 0) is 142 Å². The van der Waals surface area contributed by atoms with E-state index in [2.05, 4.69) is 235 Å². The minimum Gasteiger partial charge on any atom is -0.311 e. The van der Waals surface area contributed by atoms with Crippen molar-refractivity contribution >= 4 is 61.5 Å². The predicted molar refractivity (Wildman–Crippen MR) is 261 cm³/mol. The van der Waals surface area contributed by atoms with Crippen molar-refractivity contribution in [2.45, 2.75) is 12.3 Å². The number of allylic oxidation sites excluding steroid dienone is 2. The maximum atomic E-state index is 2.42. The summed E-state index contributed by atoms with van der Waals surface area (Å²) in [4.78, 5) is 2.32. The zero-order valence-electron chi connectivity index (χ0n) is 33.7. The Labute approximate surface area is 356 Å². The van der Waals surface area contributed by atoms with Crippen molar-refractivity contribution in [2.75, 3.05) is 4.90 Å². The molecule has 10 aromatic rings. The lowest BCUT2D eigenvalue weighted by atomic mass is 9.77. The Balaban J connectivity index is 1.00. The Hall–Kier alpha value is -7.74. The van der Waals surface area contributed by atoms with Crippen molar-refractivity contribution in [3.05, 3.63) is 235 Å². The van der Waals surface area contributed by atoms with Crippen LogP contribution in [0.15, 0.2) is 218 Å². The highest BCUT2D eigenvalue weighted by molar-refractivity contribution is 6.22. The molecule has 0 bridgehead atoms. The largest absolute Gasteiger partial charge is 0.311 e. The van der Waals surface area contributed by atoms with Crippen LogP contribution in [0, 0.1) is 0 Å². The molecule has 61 heavy (non-hydrogen) atoms. The summed E-state index contributed by atoms with van der Waals surface area (Å²) >= 11 is 0. The normalized spacial score (nSPS) is 13.9. The highest BCUT2D eigenvalue weighted by Gasteiger charge is 2.24. The van der Waals surface area contributed by atoms with E-state index in [1.165, 1.54) is 93.5 Å². The fraction of sp³-hybridized carbons (Fsp3) is 0.0333. The van der Waals surface area contributed by atoms with E-state index >= 15 is 0 Å². The van der Waals surface area contributed by atoms with E-state index in [-0.39, 0.29) is 0 Å². The summed E-state index contributed by atoms with van der Waals surface area (Å²) in [5.74, 6) is 0.447. The molecule has 0 N–H and O–H groups in total. The molecule has 12 rings (SSSR count). The average Bonchev–Trinajstić information content (AvgIpc) is 3.33. The first-order chi connectivity index (χ1) is 30.3. The standard InChI is InChI=1S/C60H41N/c1-3-19-46(20-4-1)61(47-21-5-2-6-22-47)48-35-31-40(32-36-48)49-23-7-8-24-51(49)60-54-27-11-9-25-52(54)58(53-26-10-12-28-55(53)60)45-18-14-17-44(39-45)50-37-33-43-30-29-41-15-13-16-42-34-38-56(50)59(43)57(41)42/h1-14,16-39,41H,15H2. The van der Waals surface area contributed by atoms with Gasteiger partial charge >= 0.3 is 0 Å². The van der Waals surface area contributed by atoms with Gasteiger partial charge in [0.05, 0.1) is 0 Å². The molecule has 0 aromatic heterocycles. The maximum absolute atomic E-state index is 2.42. The molecule has 0 fully saturated rings. The van der Waals surface area contributed by atoms with E-state index in [4.69, 9.17) is 0 Å². The van der Waals surface area contributed by atoms with Gasteiger partial charge in [-0.1, -0.05) is 188 Å². The fourth-order valence-corrected chi connectivity index (χ4v) is 10.2. The summed E-state index contributed by atoms with van der Waals surface area (Å²) in [7, 11) is 0. The molecule has 2 aliphatic rings. The molecule has 0 aliphatic heterocycles. The molecular formula is C60H41N. The molecule has 1 unspecified atom stereocenters. The van der Waals surface area contributed by atoms with Gasteiger partial charge in [-0.15, -0.1) is 0 Å². The smallest absolute Gasteiger partial charge is 0.0462 e. The van der Waals surface area contributed by atoms with Crippen molar-refractivity contribution in [3.63, 3.8) is 0 Å². The van der Waals surface area contributed by atoms with Gasteiger partial charge in [-0.2, -0.15) is 0 Å². The number of hydrogen-bond acceptors (Lipinski definition) is 1. The zero-order valence-corrected chi connectivity index (χ0v) is 33.7. The lowest BCUT2D eigenvalue weighted by Crippen LogP contribution is -2.09. The highest BCUT2D eigenvalue weighted by atomic mass is 15.1. The second-order valence-electron chi connectivity index (χ2n) is 16.3. The lowest BCUT2D eigenvalue weighted by molar-refractivity contribution is 0.861. The van der Waals surface area contributed by atoms with Gasteiger partial charge in [-0.25, -0.2) is 0 Å². The Morgan fingerprint density at radius 2 is 0.934 bits per heavy atom. The minimum atomic E-state index is 0.447. The van der Waals surface area contributed by atoms with Gasteiger partial charge in [0.2, 0.25) is 0 Å². The number of para-hydroxylation sites is 2. The third-order valence-electron chi connectivity index (χ3n) is 12.9. The highest BCUT2D eigenvalue weighted by Crippen LogP contribution is 2.48. The third kappa shape index (κ3) is 5.85. The van der Waals surface area contributed by atoms with Gasteiger partial charge < -0.3 is 4.90 Å². The summed E-state index contributed by atoms with van der Waals surface area (Å²) in [5.41, 5.74) is 17.4. The second kappa shape index (κ2) is 14.5. The number of hydrogen-bond donors (Lipinski definition) is 0. The summed E-state index contributed by atoms with van der Waals surface area (Å²) in [6.45, 7) is 0. The Bertz CT molecular complexity index is 3280. The maximum Gasteiger partial charge on any atom is 0.0462 e. The van der Waals surface area contributed by atoms with Crippen LogP contribution in [-0.2, 0) is 0 Å². The molecule has 1 heteroatoms. The number of anilines is 3. The number of rotatable bonds is 7. The summed E-state index contributed by atoms with van der Waals surface area (Å²) in [6.07, 6.45) is 10.4. The van der Waals surface area contributed by atoms with Crippen molar-refractivity contribution in [1.29, 1.82) is 0 Å². The Morgan fingerprint density at radius 3 is 1.62 bits per heavy atom. The monoisotopic (exact) mass is 775 g/mol. The molecular weight excluding hydrogens is 735 g/mol. The molecule has 0 heterocycles. The van der Waals surface area contributed by atoms with Gasteiger partial charge in [0.25, 0.3) is 0 Å². The Kier molecular flexibility index (Phi) is 8.38. The molecule has 0 radical (unpaired) electrons. The Morgan fingerprint density at radius 1 is 0.361 bits per heavy atom. The first-order valence-electron chi connectivity index (χ1n) is 21.4. The summed E-state index contributed by atoms with van der Waals surface area (Å²) in [6, 6.07) is 75.8. The molecule has 0 amide bonds. The van der Waals surface area contributed by atoms with Crippen LogP contribution in [0.3, 0.4) is 0 Å². The molecule has 0 spiro atoms. The third-order valence-corrected chi connectivity index (χ3v) is 12.9. The second-order valence-corrected chi connectivity index (χ2v) is 16.3. The number of nitrogens with zero attached hydrogens (tertiary/aromatic N) is 1. The van der Waals surface area contributed by atoms with Gasteiger partial charge in [0, 0.05) is 23.0 Å². The van der Waals surface area contributed by atoms with Crippen molar-refractivity contribution in [3.8, 4) is 44.5 Å². The molecule has 0 saturated heterocycles. The molecule has 1 atom stereocenters. The van der Waals surface area contributed by atoms with E-state index in [0.717, 1.165) is 23.5 Å². The SMILES string of the molecule is C1=Cc2ccc3c(-c4cccc(-c5c6ccccc6c(-c6ccccc6-c6ccc(N(c7ccccc7)c7ccccc7)cc6)c6ccccc56)c4)ccc4c3c2C(C=C4)C1. The molecule has 2 aliphatic carbocycles. The lowest BCUT2D eigenvalue weighted by Gasteiger charge is -2.26. The van der Waals surface area contributed by atoms with Crippen LogP contribution in [-0.4, -0.2) is 0 Å². The predicted octanol–water partition coefficient (Wildman–Crippen LogP) is 16.8. The van der Waals surface area contributed by atoms with Crippen LogP contribution >= 0.6 is 0 Å². The van der Waals surface area contributed by atoms with E-state index in [0.29, 0.717) is 5.92 Å². The van der Waals surface area contributed by atoms with Gasteiger partial charge in [-0.3, -0.25) is 0 Å². The number of fused-ring (bicyclic) bond motifs is 2. The van der Waals surface area contributed by atoms with Crippen molar-refractivity contribution in [2.24, 2.45) is 0 Å². The quantitative estimate of drug-likeness (QED) is 0.146. The van der Waals surface area contributed by atoms with Crippen LogP contribution < -0.4 is 4.90 Å².